The second-order valence-corrected chi connectivity index (χ2v) is 13.4. The Bertz CT molecular complexity index is 1940. The number of halogens is 7. The molecule has 1 N–H and O–H groups in total. The van der Waals surface area contributed by atoms with E-state index in [1.807, 2.05) is 0 Å². The molecule has 0 unspecified atom stereocenters. The molecule has 3 heterocycles. The van der Waals surface area contributed by atoms with E-state index in [0.717, 1.165) is 64.1 Å². The van der Waals surface area contributed by atoms with Gasteiger partial charge >= 0.3 is 17.2 Å². The standard InChI is InChI=1S/C30H18BrF6N3O4S2/c31-16-10-8-14(9-11-16)21-22-23(26(43)40(25(22)42)19-7-2-1-6-18(19)30(35,36)37)45-27-24(21)46-28(44)39(27)13-20(41)38-17-5-3-4-15(12-17)29(32,33)34/h1-12,21-23H,13H2,(H,38,41)/t21-,22-,23+/m0/s1. The van der Waals surface area contributed by atoms with Gasteiger partial charge in [0.05, 0.1) is 27.8 Å². The van der Waals surface area contributed by atoms with Gasteiger partial charge in [0, 0.05) is 21.0 Å². The highest BCUT2D eigenvalue weighted by molar-refractivity contribution is 9.10. The first-order valence-electron chi connectivity index (χ1n) is 13.3. The van der Waals surface area contributed by atoms with Crippen LogP contribution in [0, 0.1) is 5.92 Å². The largest absolute Gasteiger partial charge is 0.418 e. The first-order chi connectivity index (χ1) is 21.6. The molecule has 0 aliphatic carbocycles. The zero-order chi connectivity index (χ0) is 33.1. The second kappa shape index (κ2) is 11.7. The third kappa shape index (κ3) is 5.77. The summed E-state index contributed by atoms with van der Waals surface area (Å²) in [5, 5.41) is 1.26. The van der Waals surface area contributed by atoms with Crippen LogP contribution >= 0.6 is 39.0 Å². The molecule has 6 rings (SSSR count). The Morgan fingerprint density at radius 3 is 2.24 bits per heavy atom. The number of para-hydroxylation sites is 1. The minimum Gasteiger partial charge on any atom is -0.325 e. The van der Waals surface area contributed by atoms with E-state index >= 15 is 0 Å². The SMILES string of the molecule is O=C(Cn1c2c(sc1=O)[C@@H](c1ccc(Br)cc1)[C@@H]1C(=O)N(c3ccccc3C(F)(F)F)C(=O)[C@@H]1S2)Nc1cccc(C(F)(F)F)c1. The molecule has 16 heteroatoms. The molecule has 0 saturated carbocycles. The highest BCUT2D eigenvalue weighted by Gasteiger charge is 2.57. The summed E-state index contributed by atoms with van der Waals surface area (Å²) in [6.07, 6.45) is -9.52. The summed E-state index contributed by atoms with van der Waals surface area (Å²) in [5.41, 5.74) is -2.42. The third-order valence-electron chi connectivity index (χ3n) is 7.50. The van der Waals surface area contributed by atoms with Gasteiger partial charge in [0.25, 0.3) is 0 Å². The van der Waals surface area contributed by atoms with Crippen molar-refractivity contribution in [2.45, 2.75) is 35.1 Å². The number of benzene rings is 3. The average Bonchev–Trinajstić information content (AvgIpc) is 3.43. The fourth-order valence-corrected chi connectivity index (χ4v) is 8.59. The van der Waals surface area contributed by atoms with Gasteiger partial charge in [-0.3, -0.25) is 23.7 Å². The number of fused-ring (bicyclic) bond motifs is 2. The highest BCUT2D eigenvalue weighted by Crippen LogP contribution is 2.54. The van der Waals surface area contributed by atoms with Gasteiger partial charge in [-0.25, -0.2) is 4.90 Å². The molecular formula is C30H18BrF6N3O4S2. The molecule has 0 radical (unpaired) electrons. The van der Waals surface area contributed by atoms with Crippen LogP contribution in [0.1, 0.15) is 27.5 Å². The quantitative estimate of drug-likeness (QED) is 0.174. The molecule has 1 saturated heterocycles. The number of thiazole rings is 1. The normalized spacial score (nSPS) is 19.6. The Hall–Kier alpha value is -3.89. The van der Waals surface area contributed by atoms with Crippen molar-refractivity contribution >= 4 is 68.1 Å². The molecule has 0 spiro atoms. The van der Waals surface area contributed by atoms with Crippen molar-refractivity contribution in [3.05, 3.63) is 109 Å². The summed E-state index contributed by atoms with van der Waals surface area (Å²) in [7, 11) is 0. The van der Waals surface area contributed by atoms with Crippen LogP contribution in [0.4, 0.5) is 37.7 Å². The van der Waals surface area contributed by atoms with Crippen LogP contribution in [0.3, 0.4) is 0 Å². The summed E-state index contributed by atoms with van der Waals surface area (Å²) in [6, 6.07) is 14.8. The number of hydrogen-bond acceptors (Lipinski definition) is 6. The van der Waals surface area contributed by atoms with E-state index in [0.29, 0.717) is 19.8 Å². The lowest BCUT2D eigenvalue weighted by Crippen LogP contribution is -2.33. The fourth-order valence-electron chi connectivity index (χ4n) is 5.55. The number of hydrogen-bond donors (Lipinski definition) is 1. The second-order valence-electron chi connectivity index (χ2n) is 10.4. The van der Waals surface area contributed by atoms with E-state index in [1.165, 1.54) is 12.1 Å². The number of anilines is 2. The molecule has 238 valence electrons. The molecule has 0 bridgehead atoms. The van der Waals surface area contributed by atoms with E-state index < -0.39 is 75.4 Å². The predicted molar refractivity (Wildman–Crippen MR) is 162 cm³/mol. The van der Waals surface area contributed by atoms with E-state index in [4.69, 9.17) is 0 Å². The lowest BCUT2D eigenvalue weighted by atomic mass is 9.83. The maximum Gasteiger partial charge on any atom is 0.418 e. The molecule has 2 aliphatic heterocycles. The Kier molecular flexibility index (Phi) is 8.17. The lowest BCUT2D eigenvalue weighted by Gasteiger charge is -2.30. The number of rotatable bonds is 5. The van der Waals surface area contributed by atoms with Gasteiger partial charge in [0.1, 0.15) is 11.8 Å². The van der Waals surface area contributed by atoms with Gasteiger partial charge < -0.3 is 5.32 Å². The number of amides is 3. The maximum absolute atomic E-state index is 14.0. The van der Waals surface area contributed by atoms with Gasteiger partial charge in [-0.15, -0.1) is 0 Å². The Balaban J connectivity index is 1.40. The van der Waals surface area contributed by atoms with Crippen LogP contribution < -0.4 is 15.1 Å². The molecular weight excluding hydrogens is 724 g/mol. The zero-order valence-electron chi connectivity index (χ0n) is 22.9. The number of alkyl halides is 6. The third-order valence-corrected chi connectivity index (χ3v) is 10.6. The number of carbonyl (C=O) groups excluding carboxylic acids is 3. The van der Waals surface area contributed by atoms with Crippen molar-refractivity contribution < 1.29 is 40.7 Å². The smallest absolute Gasteiger partial charge is 0.325 e. The Morgan fingerprint density at radius 2 is 1.57 bits per heavy atom. The summed E-state index contributed by atoms with van der Waals surface area (Å²) < 4.78 is 83.0. The molecule has 3 aromatic carbocycles. The van der Waals surface area contributed by atoms with Gasteiger partial charge in [-0.2, -0.15) is 26.3 Å². The molecule has 1 fully saturated rings. The molecule has 1 aromatic heterocycles. The van der Waals surface area contributed by atoms with Crippen molar-refractivity contribution in [1.29, 1.82) is 0 Å². The van der Waals surface area contributed by atoms with Gasteiger partial charge in [-0.05, 0) is 48.0 Å². The highest BCUT2D eigenvalue weighted by atomic mass is 79.9. The van der Waals surface area contributed by atoms with Crippen LogP contribution in [-0.4, -0.2) is 27.5 Å². The number of aromatic nitrogens is 1. The van der Waals surface area contributed by atoms with Crippen LogP contribution in [0.15, 0.2) is 87.1 Å². The van der Waals surface area contributed by atoms with Crippen molar-refractivity contribution in [2.24, 2.45) is 5.92 Å². The van der Waals surface area contributed by atoms with E-state index in [9.17, 15) is 45.5 Å². The molecule has 4 aromatic rings. The number of imide groups is 1. The number of nitrogens with zero attached hydrogens (tertiary/aromatic N) is 2. The fraction of sp³-hybridized carbons (Fsp3) is 0.200. The zero-order valence-corrected chi connectivity index (χ0v) is 26.1. The summed E-state index contributed by atoms with van der Waals surface area (Å²) >= 11 is 4.85. The predicted octanol–water partition coefficient (Wildman–Crippen LogP) is 7.14. The molecule has 46 heavy (non-hydrogen) atoms. The topological polar surface area (TPSA) is 88.5 Å². The molecule has 2 aliphatic rings. The van der Waals surface area contributed by atoms with Crippen LogP contribution in [0.2, 0.25) is 0 Å². The molecule has 3 amide bonds. The summed E-state index contributed by atoms with van der Waals surface area (Å²) in [5.74, 6) is -4.73. The number of nitrogens with one attached hydrogen (secondary N) is 1. The van der Waals surface area contributed by atoms with Crippen LogP contribution in [0.5, 0.6) is 0 Å². The first kappa shape index (κ1) is 32.1. The van der Waals surface area contributed by atoms with Crippen molar-refractivity contribution in [3.63, 3.8) is 0 Å². The van der Waals surface area contributed by atoms with Gasteiger partial charge in [-0.1, -0.05) is 69.4 Å². The van der Waals surface area contributed by atoms with Crippen molar-refractivity contribution in [3.8, 4) is 0 Å². The van der Waals surface area contributed by atoms with E-state index in [2.05, 4.69) is 21.2 Å². The monoisotopic (exact) mass is 741 g/mol. The average molecular weight is 743 g/mol. The maximum atomic E-state index is 14.0. The Labute approximate surface area is 272 Å². The number of carbonyl (C=O) groups is 3. The van der Waals surface area contributed by atoms with Crippen molar-refractivity contribution in [1.82, 2.24) is 4.57 Å². The lowest BCUT2D eigenvalue weighted by molar-refractivity contribution is -0.138. The molecule has 7 nitrogen and oxygen atoms in total. The number of thioether (sulfide) groups is 1. The summed E-state index contributed by atoms with van der Waals surface area (Å²) in [4.78, 5) is 54.3. The molecule has 3 atom stereocenters. The van der Waals surface area contributed by atoms with Crippen LogP contribution in [0.25, 0.3) is 0 Å². The Morgan fingerprint density at radius 1 is 0.870 bits per heavy atom. The van der Waals surface area contributed by atoms with E-state index in [1.54, 1.807) is 24.3 Å². The summed E-state index contributed by atoms with van der Waals surface area (Å²) in [6.45, 7) is -0.638. The minimum absolute atomic E-state index is 0.159. The van der Waals surface area contributed by atoms with Crippen molar-refractivity contribution in [2.75, 3.05) is 10.2 Å². The first-order valence-corrected chi connectivity index (χ1v) is 15.8. The van der Waals surface area contributed by atoms with E-state index in [-0.39, 0.29) is 10.7 Å². The van der Waals surface area contributed by atoms with Gasteiger partial charge in [0.2, 0.25) is 17.7 Å². The van der Waals surface area contributed by atoms with Gasteiger partial charge in [0.15, 0.2) is 0 Å². The van der Waals surface area contributed by atoms with Crippen LogP contribution in [-0.2, 0) is 33.3 Å². The minimum atomic E-state index is -4.87.